The van der Waals surface area contributed by atoms with Crippen molar-refractivity contribution in [1.82, 2.24) is 19.4 Å². The van der Waals surface area contributed by atoms with E-state index >= 15 is 0 Å². The number of ether oxygens (including phenoxy) is 1. The van der Waals surface area contributed by atoms with Gasteiger partial charge >= 0.3 is 5.69 Å². The molecule has 0 aliphatic rings. The number of nitrogens with zero attached hydrogens (tertiary/aromatic N) is 3. The molecule has 3 aromatic rings. The number of nitrogens with one attached hydrogen (secondary N) is 1. The summed E-state index contributed by atoms with van der Waals surface area (Å²) in [6, 6.07) is 11.0. The molecule has 0 saturated heterocycles. The Labute approximate surface area is 157 Å². The van der Waals surface area contributed by atoms with Crippen molar-refractivity contribution in [2.45, 2.75) is 19.9 Å². The maximum absolute atomic E-state index is 12.7. The van der Waals surface area contributed by atoms with Crippen LogP contribution in [0.5, 0.6) is 0 Å². The number of fused-ring (bicyclic) bond motifs is 1. The first-order valence-electron chi connectivity index (χ1n) is 9.06. The van der Waals surface area contributed by atoms with E-state index in [0.29, 0.717) is 43.8 Å². The van der Waals surface area contributed by atoms with Gasteiger partial charge in [-0.2, -0.15) is 0 Å². The summed E-state index contributed by atoms with van der Waals surface area (Å²) in [6.45, 7) is 4.05. The van der Waals surface area contributed by atoms with Crippen LogP contribution in [0.15, 0.2) is 47.4 Å². The van der Waals surface area contributed by atoms with E-state index in [9.17, 15) is 9.59 Å². The molecule has 142 valence electrons. The Morgan fingerprint density at radius 3 is 2.89 bits per heavy atom. The highest BCUT2D eigenvalue weighted by atomic mass is 16.5. The molecule has 3 rings (SSSR count). The minimum atomic E-state index is -0.196. The molecule has 1 N–H and O–H groups in total. The van der Waals surface area contributed by atoms with E-state index in [1.807, 2.05) is 25.1 Å². The van der Waals surface area contributed by atoms with Crippen molar-refractivity contribution in [2.75, 3.05) is 26.8 Å². The molecule has 1 amide bonds. The first-order chi connectivity index (χ1) is 13.1. The van der Waals surface area contributed by atoms with E-state index in [2.05, 4.69) is 9.97 Å². The van der Waals surface area contributed by atoms with Crippen molar-refractivity contribution < 1.29 is 9.53 Å². The van der Waals surface area contributed by atoms with Crippen LogP contribution in [-0.4, -0.2) is 52.1 Å². The smallest absolute Gasteiger partial charge is 0.326 e. The molecule has 2 aromatic heterocycles. The monoisotopic (exact) mass is 368 g/mol. The number of H-pyrrole nitrogens is 1. The van der Waals surface area contributed by atoms with Crippen LogP contribution in [0, 0.1) is 0 Å². The van der Waals surface area contributed by atoms with Crippen LogP contribution in [0.1, 0.15) is 23.0 Å². The maximum Gasteiger partial charge on any atom is 0.326 e. The Hall–Kier alpha value is -2.93. The number of imidazole rings is 1. The Balaban J connectivity index is 1.72. The van der Waals surface area contributed by atoms with E-state index in [-0.39, 0.29) is 11.6 Å². The third-order valence-electron chi connectivity index (χ3n) is 4.46. The number of hydrogen-bond donors (Lipinski definition) is 1. The molecule has 0 aliphatic heterocycles. The van der Waals surface area contributed by atoms with Gasteiger partial charge in [0.2, 0.25) is 0 Å². The second-order valence-electron chi connectivity index (χ2n) is 6.31. The van der Waals surface area contributed by atoms with Gasteiger partial charge in [-0.3, -0.25) is 14.3 Å². The Morgan fingerprint density at radius 2 is 2.15 bits per heavy atom. The van der Waals surface area contributed by atoms with E-state index in [1.165, 1.54) is 0 Å². The van der Waals surface area contributed by atoms with E-state index in [1.54, 1.807) is 40.9 Å². The molecule has 0 unspecified atom stereocenters. The number of benzene rings is 1. The molecular formula is C20H24N4O3. The number of carbonyl (C=O) groups is 1. The summed E-state index contributed by atoms with van der Waals surface area (Å²) in [5.41, 5.74) is 2.72. The van der Waals surface area contributed by atoms with Crippen molar-refractivity contribution in [1.29, 1.82) is 0 Å². The predicted molar refractivity (Wildman–Crippen MR) is 104 cm³/mol. The number of aromatic amines is 1. The van der Waals surface area contributed by atoms with Gasteiger partial charge in [-0.1, -0.05) is 6.07 Å². The number of likely N-dealkylation sites (N-methyl/N-ethyl adjacent to an activating group) is 1. The zero-order chi connectivity index (χ0) is 19.2. The van der Waals surface area contributed by atoms with Crippen LogP contribution in [0.25, 0.3) is 11.0 Å². The molecule has 1 aromatic carbocycles. The summed E-state index contributed by atoms with van der Waals surface area (Å²) in [6.07, 6.45) is 2.44. The van der Waals surface area contributed by atoms with E-state index in [0.717, 1.165) is 11.2 Å². The zero-order valence-corrected chi connectivity index (χ0v) is 15.6. The minimum Gasteiger partial charge on any atom is -0.380 e. The van der Waals surface area contributed by atoms with Gasteiger partial charge in [0.15, 0.2) is 0 Å². The highest BCUT2D eigenvalue weighted by molar-refractivity contribution is 5.97. The summed E-state index contributed by atoms with van der Waals surface area (Å²) in [7, 11) is 1.77. The topological polar surface area (TPSA) is 80.2 Å². The zero-order valence-electron chi connectivity index (χ0n) is 15.6. The molecule has 0 saturated carbocycles. The SMILES string of the molecule is CCOCCn1c(=O)[nH]c2cc(C(=O)N(C)CCc3ccccn3)ccc21. The largest absolute Gasteiger partial charge is 0.380 e. The van der Waals surface area contributed by atoms with Gasteiger partial charge < -0.3 is 14.6 Å². The molecule has 27 heavy (non-hydrogen) atoms. The molecule has 0 aliphatic carbocycles. The van der Waals surface area contributed by atoms with Crippen molar-refractivity contribution in [3.05, 3.63) is 64.3 Å². The van der Waals surface area contributed by atoms with Gasteiger partial charge in [0.25, 0.3) is 5.91 Å². The first-order valence-corrected chi connectivity index (χ1v) is 9.06. The normalized spacial score (nSPS) is 11.0. The number of amides is 1. The number of pyridine rings is 1. The fourth-order valence-electron chi connectivity index (χ4n) is 2.97. The molecule has 7 heteroatoms. The van der Waals surface area contributed by atoms with Gasteiger partial charge in [-0.15, -0.1) is 0 Å². The number of carbonyl (C=O) groups excluding carboxylic acids is 1. The van der Waals surface area contributed by atoms with Crippen LogP contribution in [0.3, 0.4) is 0 Å². The Morgan fingerprint density at radius 1 is 1.30 bits per heavy atom. The van der Waals surface area contributed by atoms with Crippen LogP contribution in [0.4, 0.5) is 0 Å². The van der Waals surface area contributed by atoms with Gasteiger partial charge in [-0.05, 0) is 37.3 Å². The van der Waals surface area contributed by atoms with Crippen LogP contribution >= 0.6 is 0 Å². The fraction of sp³-hybridized carbons (Fsp3) is 0.350. The van der Waals surface area contributed by atoms with Crippen molar-refractivity contribution in [2.24, 2.45) is 0 Å². The van der Waals surface area contributed by atoms with Gasteiger partial charge in [0.1, 0.15) is 0 Å². The highest BCUT2D eigenvalue weighted by Gasteiger charge is 2.14. The summed E-state index contributed by atoms with van der Waals surface area (Å²) in [5, 5.41) is 0. The summed E-state index contributed by atoms with van der Waals surface area (Å²) >= 11 is 0. The molecule has 0 spiro atoms. The van der Waals surface area contributed by atoms with Gasteiger partial charge in [-0.25, -0.2) is 4.79 Å². The van der Waals surface area contributed by atoms with E-state index in [4.69, 9.17) is 4.74 Å². The van der Waals surface area contributed by atoms with Crippen LogP contribution < -0.4 is 5.69 Å². The van der Waals surface area contributed by atoms with Crippen molar-refractivity contribution in [3.63, 3.8) is 0 Å². The van der Waals surface area contributed by atoms with Crippen molar-refractivity contribution in [3.8, 4) is 0 Å². The average Bonchev–Trinajstić information content (AvgIpc) is 3.01. The maximum atomic E-state index is 12.7. The highest BCUT2D eigenvalue weighted by Crippen LogP contribution is 2.14. The Bertz CT molecular complexity index is 962. The average molecular weight is 368 g/mol. The molecule has 0 atom stereocenters. The van der Waals surface area contributed by atoms with Crippen LogP contribution in [-0.2, 0) is 17.7 Å². The predicted octanol–water partition coefficient (Wildman–Crippen LogP) is 2.08. The summed E-state index contributed by atoms with van der Waals surface area (Å²) in [4.78, 5) is 33.6. The lowest BCUT2D eigenvalue weighted by Gasteiger charge is -2.17. The standard InChI is InChI=1S/C20H24N4O3/c1-3-27-13-12-24-18-8-7-15(14-17(18)22-20(24)26)19(25)23(2)11-9-16-6-4-5-10-21-16/h4-8,10,14H,3,9,11-13H2,1-2H3,(H,22,26). The Kier molecular flexibility index (Phi) is 6.03. The molecular weight excluding hydrogens is 344 g/mol. The van der Waals surface area contributed by atoms with Crippen LogP contribution in [0.2, 0.25) is 0 Å². The lowest BCUT2D eigenvalue weighted by molar-refractivity contribution is 0.0796. The quantitative estimate of drug-likeness (QED) is 0.617. The molecule has 7 nitrogen and oxygen atoms in total. The number of rotatable bonds is 8. The summed E-state index contributed by atoms with van der Waals surface area (Å²) < 4.78 is 6.96. The molecule has 0 bridgehead atoms. The third-order valence-corrected chi connectivity index (χ3v) is 4.46. The first kappa shape index (κ1) is 18.8. The second kappa shape index (κ2) is 8.64. The molecule has 0 fully saturated rings. The molecule has 2 heterocycles. The number of hydrogen-bond acceptors (Lipinski definition) is 4. The minimum absolute atomic E-state index is 0.0873. The molecule has 0 radical (unpaired) electrons. The van der Waals surface area contributed by atoms with Crippen molar-refractivity contribution >= 4 is 16.9 Å². The lowest BCUT2D eigenvalue weighted by Crippen LogP contribution is -2.29. The number of aromatic nitrogens is 3. The summed E-state index contributed by atoms with van der Waals surface area (Å²) in [5.74, 6) is -0.0873. The fourth-order valence-corrected chi connectivity index (χ4v) is 2.97. The van der Waals surface area contributed by atoms with E-state index < -0.39 is 0 Å². The van der Waals surface area contributed by atoms with Gasteiger partial charge in [0.05, 0.1) is 24.2 Å². The lowest BCUT2D eigenvalue weighted by atomic mass is 10.1. The second-order valence-corrected chi connectivity index (χ2v) is 6.31. The van der Waals surface area contributed by atoms with Gasteiger partial charge in [0, 0.05) is 44.1 Å². The third kappa shape index (κ3) is 4.43.